The monoisotopic (exact) mass is 243 g/mol. The van der Waals surface area contributed by atoms with Crippen molar-refractivity contribution < 1.29 is 0 Å². The van der Waals surface area contributed by atoms with Crippen LogP contribution in [0.1, 0.15) is 18.0 Å². The van der Waals surface area contributed by atoms with Gasteiger partial charge in [-0.05, 0) is 29.9 Å². The minimum Gasteiger partial charge on any atom is -0.324 e. The van der Waals surface area contributed by atoms with Gasteiger partial charge < -0.3 is 5.73 Å². The van der Waals surface area contributed by atoms with Crippen LogP contribution in [-0.4, -0.2) is 5.75 Å². The fourth-order valence-corrected chi connectivity index (χ4v) is 3.42. The van der Waals surface area contributed by atoms with Gasteiger partial charge in [0, 0.05) is 15.4 Å². The predicted octanol–water partition coefficient (Wildman–Crippen LogP) is 2.94. The lowest BCUT2D eigenvalue weighted by Crippen LogP contribution is -2.16. The van der Waals surface area contributed by atoms with Crippen molar-refractivity contribution >= 4 is 27.7 Å². The van der Waals surface area contributed by atoms with E-state index in [2.05, 4.69) is 34.1 Å². The molecule has 0 unspecified atom stereocenters. The minimum atomic E-state index is 0.219. The van der Waals surface area contributed by atoms with E-state index in [0.29, 0.717) is 0 Å². The number of thioether (sulfide) groups is 1. The Kier molecular flexibility index (Phi) is 2.44. The van der Waals surface area contributed by atoms with Crippen LogP contribution in [0.3, 0.4) is 0 Å². The van der Waals surface area contributed by atoms with Gasteiger partial charge in [-0.2, -0.15) is 0 Å². The number of benzene rings is 1. The van der Waals surface area contributed by atoms with Gasteiger partial charge in [0.15, 0.2) is 0 Å². The van der Waals surface area contributed by atoms with Crippen LogP contribution in [0.5, 0.6) is 0 Å². The molecule has 0 aliphatic carbocycles. The molecule has 0 amide bonds. The van der Waals surface area contributed by atoms with Crippen LogP contribution in [0.4, 0.5) is 0 Å². The lowest BCUT2D eigenvalue weighted by Gasteiger charge is -2.22. The van der Waals surface area contributed by atoms with Gasteiger partial charge in [-0.25, -0.2) is 0 Å². The Morgan fingerprint density at radius 2 is 2.33 bits per heavy atom. The van der Waals surface area contributed by atoms with Crippen molar-refractivity contribution in [1.82, 2.24) is 0 Å². The minimum absolute atomic E-state index is 0.219. The third-order valence-electron chi connectivity index (χ3n) is 2.07. The molecular formula is C9H10BrNS. The van der Waals surface area contributed by atoms with E-state index in [0.717, 1.165) is 16.6 Å². The summed E-state index contributed by atoms with van der Waals surface area (Å²) in [6, 6.07) is 6.49. The maximum Gasteiger partial charge on any atom is 0.0325 e. The summed E-state index contributed by atoms with van der Waals surface area (Å²) in [6.45, 7) is 0. The fourth-order valence-electron chi connectivity index (χ4n) is 1.44. The van der Waals surface area contributed by atoms with Crippen molar-refractivity contribution in [2.75, 3.05) is 5.75 Å². The highest BCUT2D eigenvalue weighted by atomic mass is 79.9. The summed E-state index contributed by atoms with van der Waals surface area (Å²) < 4.78 is 1.15. The van der Waals surface area contributed by atoms with Crippen molar-refractivity contribution in [2.24, 2.45) is 5.73 Å². The Bertz CT molecular complexity index is 301. The molecule has 0 saturated carbocycles. The first kappa shape index (κ1) is 8.60. The summed E-state index contributed by atoms with van der Waals surface area (Å²) in [6.07, 6.45) is 1.08. The maximum atomic E-state index is 6.00. The molecule has 1 atom stereocenters. The Balaban J connectivity index is 2.53. The van der Waals surface area contributed by atoms with Gasteiger partial charge in [-0.15, -0.1) is 11.8 Å². The van der Waals surface area contributed by atoms with E-state index in [4.69, 9.17) is 5.73 Å². The third-order valence-corrected chi connectivity index (χ3v) is 3.87. The van der Waals surface area contributed by atoms with Gasteiger partial charge in [-0.1, -0.05) is 22.0 Å². The molecule has 12 heavy (non-hydrogen) atoms. The summed E-state index contributed by atoms with van der Waals surface area (Å²) in [5.41, 5.74) is 7.29. The van der Waals surface area contributed by atoms with Gasteiger partial charge in [0.2, 0.25) is 0 Å². The van der Waals surface area contributed by atoms with E-state index in [1.807, 2.05) is 11.8 Å². The van der Waals surface area contributed by atoms with Crippen molar-refractivity contribution in [2.45, 2.75) is 17.4 Å². The van der Waals surface area contributed by atoms with Gasteiger partial charge in [0.25, 0.3) is 0 Å². The number of nitrogens with two attached hydrogens (primary N) is 1. The molecule has 2 N–H and O–H groups in total. The number of fused-ring (bicyclic) bond motifs is 1. The molecule has 0 fully saturated rings. The molecule has 0 aromatic heterocycles. The van der Waals surface area contributed by atoms with Gasteiger partial charge in [0.1, 0.15) is 0 Å². The molecule has 2 rings (SSSR count). The zero-order valence-electron chi connectivity index (χ0n) is 6.59. The molecule has 0 saturated heterocycles. The molecule has 1 aliphatic rings. The van der Waals surface area contributed by atoms with E-state index in [9.17, 15) is 0 Å². The molecule has 1 aromatic carbocycles. The molecule has 0 radical (unpaired) electrons. The van der Waals surface area contributed by atoms with Crippen molar-refractivity contribution in [3.05, 3.63) is 28.2 Å². The zero-order chi connectivity index (χ0) is 8.55. The Labute approximate surface area is 84.9 Å². The molecule has 64 valence electrons. The molecule has 1 aromatic rings. The topological polar surface area (TPSA) is 26.0 Å². The summed E-state index contributed by atoms with van der Waals surface area (Å²) in [7, 11) is 0. The zero-order valence-corrected chi connectivity index (χ0v) is 8.99. The van der Waals surface area contributed by atoms with E-state index in [1.165, 1.54) is 10.5 Å². The molecular weight excluding hydrogens is 234 g/mol. The lowest BCUT2D eigenvalue weighted by molar-refractivity contribution is 0.677. The largest absolute Gasteiger partial charge is 0.324 e. The number of rotatable bonds is 0. The smallest absolute Gasteiger partial charge is 0.0325 e. The fraction of sp³-hybridized carbons (Fsp3) is 0.333. The average molecular weight is 244 g/mol. The number of hydrogen-bond acceptors (Lipinski definition) is 2. The van der Waals surface area contributed by atoms with Crippen LogP contribution in [0.25, 0.3) is 0 Å². The Hall–Kier alpha value is 0.01000. The molecule has 1 heterocycles. The third kappa shape index (κ3) is 1.41. The van der Waals surface area contributed by atoms with E-state index in [1.54, 1.807) is 0 Å². The Morgan fingerprint density at radius 1 is 1.50 bits per heavy atom. The van der Waals surface area contributed by atoms with Crippen LogP contribution in [0, 0.1) is 0 Å². The summed E-state index contributed by atoms with van der Waals surface area (Å²) in [4.78, 5) is 1.34. The predicted molar refractivity (Wildman–Crippen MR) is 56.4 cm³/mol. The van der Waals surface area contributed by atoms with Crippen LogP contribution in [0.2, 0.25) is 0 Å². The second kappa shape index (κ2) is 3.40. The highest BCUT2D eigenvalue weighted by molar-refractivity contribution is 9.10. The first-order valence-corrected chi connectivity index (χ1v) is 5.73. The summed E-state index contributed by atoms with van der Waals surface area (Å²) in [5.74, 6) is 1.14. The highest BCUT2D eigenvalue weighted by Gasteiger charge is 2.18. The number of hydrogen-bond donors (Lipinski definition) is 1. The highest BCUT2D eigenvalue weighted by Crippen LogP contribution is 2.38. The second-order valence-corrected chi connectivity index (χ2v) is 4.89. The summed E-state index contributed by atoms with van der Waals surface area (Å²) >= 11 is 5.43. The molecule has 1 nitrogen and oxygen atoms in total. The molecule has 0 bridgehead atoms. The first-order chi connectivity index (χ1) is 5.79. The molecule has 3 heteroatoms. The number of halogens is 1. The SMILES string of the molecule is N[C@H]1CCSc2cccc(Br)c21. The molecule has 1 aliphatic heterocycles. The Morgan fingerprint density at radius 3 is 3.08 bits per heavy atom. The second-order valence-electron chi connectivity index (χ2n) is 2.90. The van der Waals surface area contributed by atoms with Gasteiger partial charge >= 0.3 is 0 Å². The van der Waals surface area contributed by atoms with E-state index >= 15 is 0 Å². The lowest BCUT2D eigenvalue weighted by atomic mass is 10.1. The van der Waals surface area contributed by atoms with Crippen LogP contribution < -0.4 is 5.73 Å². The van der Waals surface area contributed by atoms with Gasteiger partial charge in [-0.3, -0.25) is 0 Å². The van der Waals surface area contributed by atoms with Gasteiger partial charge in [0.05, 0.1) is 0 Å². The van der Waals surface area contributed by atoms with E-state index in [-0.39, 0.29) is 6.04 Å². The standard InChI is InChI=1S/C9H10BrNS/c10-6-2-1-3-8-9(6)7(11)4-5-12-8/h1-3,7H,4-5,11H2/t7-/m0/s1. The van der Waals surface area contributed by atoms with E-state index < -0.39 is 0 Å². The van der Waals surface area contributed by atoms with Crippen molar-refractivity contribution in [1.29, 1.82) is 0 Å². The average Bonchev–Trinajstić information content (AvgIpc) is 2.04. The van der Waals surface area contributed by atoms with Crippen molar-refractivity contribution in [3.8, 4) is 0 Å². The van der Waals surface area contributed by atoms with Crippen molar-refractivity contribution in [3.63, 3.8) is 0 Å². The van der Waals surface area contributed by atoms with Crippen LogP contribution in [0.15, 0.2) is 27.6 Å². The van der Waals surface area contributed by atoms with Crippen LogP contribution in [-0.2, 0) is 0 Å². The summed E-state index contributed by atoms with van der Waals surface area (Å²) in [5, 5.41) is 0. The quantitative estimate of drug-likeness (QED) is 0.759. The first-order valence-electron chi connectivity index (χ1n) is 3.96. The normalized spacial score (nSPS) is 22.0. The van der Waals surface area contributed by atoms with Crippen LogP contribution >= 0.6 is 27.7 Å². The molecule has 0 spiro atoms. The maximum absolute atomic E-state index is 6.00.